The van der Waals surface area contributed by atoms with E-state index in [1.54, 1.807) is 0 Å². The maximum absolute atomic E-state index is 5.34. The molecule has 1 aliphatic rings. The monoisotopic (exact) mass is 170 g/mol. The van der Waals surface area contributed by atoms with Crippen molar-refractivity contribution in [2.24, 2.45) is 0 Å². The molecule has 0 aromatic heterocycles. The zero-order chi connectivity index (χ0) is 8.81. The second-order valence-electron chi connectivity index (χ2n) is 3.94. The molecule has 0 radical (unpaired) electrons. The molecule has 0 spiro atoms. The summed E-state index contributed by atoms with van der Waals surface area (Å²) >= 11 is 0. The van der Waals surface area contributed by atoms with E-state index in [2.05, 4.69) is 13.8 Å². The van der Waals surface area contributed by atoms with Gasteiger partial charge in [0.2, 0.25) is 0 Å². The normalized spacial score (nSPS) is 27.5. The van der Waals surface area contributed by atoms with Crippen molar-refractivity contribution >= 4 is 0 Å². The summed E-state index contributed by atoms with van der Waals surface area (Å²) in [5.41, 5.74) is 0. The molecule has 1 heterocycles. The van der Waals surface area contributed by atoms with Crippen molar-refractivity contribution in [1.82, 2.24) is 0 Å². The highest BCUT2D eigenvalue weighted by atomic mass is 16.6. The van der Waals surface area contributed by atoms with Crippen LogP contribution in [0.5, 0.6) is 0 Å². The van der Waals surface area contributed by atoms with E-state index in [0.29, 0.717) is 12.2 Å². The van der Waals surface area contributed by atoms with Crippen molar-refractivity contribution in [2.75, 3.05) is 0 Å². The molecule has 0 amide bonds. The molecule has 1 heteroatoms. The Balaban J connectivity index is 1.72. The molecule has 72 valence electrons. The first kappa shape index (κ1) is 10.0. The number of hydrogen-bond acceptors (Lipinski definition) is 1. The predicted molar refractivity (Wildman–Crippen MR) is 52.3 cm³/mol. The van der Waals surface area contributed by atoms with Crippen LogP contribution in [-0.2, 0) is 4.74 Å². The summed E-state index contributed by atoms with van der Waals surface area (Å²) < 4.78 is 5.34. The Kier molecular flexibility index (Phi) is 4.67. The Bertz CT molecular complexity index is 112. The van der Waals surface area contributed by atoms with Gasteiger partial charge in [0.25, 0.3) is 0 Å². The van der Waals surface area contributed by atoms with E-state index >= 15 is 0 Å². The van der Waals surface area contributed by atoms with E-state index in [4.69, 9.17) is 4.74 Å². The predicted octanol–water partition coefficient (Wildman–Crippen LogP) is 3.52. The molecule has 1 nitrogen and oxygen atoms in total. The molecule has 0 aromatic rings. The number of unbranched alkanes of at least 4 members (excludes halogenated alkanes) is 5. The average Bonchev–Trinajstić information content (AvgIpc) is 2.74. The fourth-order valence-corrected chi connectivity index (χ4v) is 1.66. The molecule has 0 aliphatic carbocycles. The fraction of sp³-hybridized carbons (Fsp3) is 1.00. The van der Waals surface area contributed by atoms with Crippen molar-refractivity contribution < 1.29 is 4.74 Å². The van der Waals surface area contributed by atoms with Crippen molar-refractivity contribution in [3.05, 3.63) is 0 Å². The maximum atomic E-state index is 5.34. The lowest BCUT2D eigenvalue weighted by molar-refractivity contribution is 0.364. The minimum absolute atomic E-state index is 0.570. The average molecular weight is 170 g/mol. The zero-order valence-corrected chi connectivity index (χ0v) is 8.51. The molecule has 0 bridgehead atoms. The smallest absolute Gasteiger partial charge is 0.0839 e. The summed E-state index contributed by atoms with van der Waals surface area (Å²) in [5.74, 6) is 0. The number of hydrogen-bond donors (Lipinski definition) is 0. The molecule has 0 saturated carbocycles. The van der Waals surface area contributed by atoms with Gasteiger partial charge in [-0.25, -0.2) is 0 Å². The minimum atomic E-state index is 0.570. The Morgan fingerprint density at radius 2 is 1.58 bits per heavy atom. The van der Waals surface area contributed by atoms with Gasteiger partial charge in [-0.05, 0) is 13.3 Å². The molecule has 12 heavy (non-hydrogen) atoms. The number of rotatable bonds is 7. The second-order valence-corrected chi connectivity index (χ2v) is 3.94. The lowest BCUT2D eigenvalue weighted by Crippen LogP contribution is -1.89. The van der Waals surface area contributed by atoms with Crippen LogP contribution in [0.15, 0.2) is 0 Å². The third-order valence-corrected chi connectivity index (χ3v) is 2.68. The van der Waals surface area contributed by atoms with E-state index in [1.807, 2.05) is 0 Å². The molecule has 0 N–H and O–H groups in total. The molecule has 1 saturated heterocycles. The first-order valence-corrected chi connectivity index (χ1v) is 5.50. The Morgan fingerprint density at radius 3 is 2.17 bits per heavy atom. The van der Waals surface area contributed by atoms with Gasteiger partial charge in [-0.1, -0.05) is 45.4 Å². The Morgan fingerprint density at radius 1 is 1.00 bits per heavy atom. The number of ether oxygens (including phenoxy) is 1. The van der Waals surface area contributed by atoms with E-state index in [-0.39, 0.29) is 0 Å². The zero-order valence-electron chi connectivity index (χ0n) is 8.51. The largest absolute Gasteiger partial charge is 0.370 e. The van der Waals surface area contributed by atoms with Crippen LogP contribution in [-0.4, -0.2) is 12.2 Å². The van der Waals surface area contributed by atoms with Gasteiger partial charge in [0.1, 0.15) is 0 Å². The van der Waals surface area contributed by atoms with Crippen LogP contribution in [0.2, 0.25) is 0 Å². The van der Waals surface area contributed by atoms with E-state index in [9.17, 15) is 0 Å². The van der Waals surface area contributed by atoms with Crippen LogP contribution < -0.4 is 0 Å². The molecule has 2 atom stereocenters. The maximum Gasteiger partial charge on any atom is 0.0839 e. The van der Waals surface area contributed by atoms with Crippen molar-refractivity contribution in [3.8, 4) is 0 Å². The van der Waals surface area contributed by atoms with Crippen LogP contribution in [0.4, 0.5) is 0 Å². The van der Waals surface area contributed by atoms with Crippen LogP contribution >= 0.6 is 0 Å². The second kappa shape index (κ2) is 5.58. The first-order valence-electron chi connectivity index (χ1n) is 5.50. The third kappa shape index (κ3) is 4.10. The highest BCUT2D eigenvalue weighted by molar-refractivity contribution is 4.79. The van der Waals surface area contributed by atoms with Gasteiger partial charge in [-0.2, -0.15) is 0 Å². The quantitative estimate of drug-likeness (QED) is 0.420. The lowest BCUT2D eigenvalue weighted by Gasteiger charge is -1.98. The standard InChI is InChI=1S/C11H22O/c1-3-4-5-6-7-8-9-11-10(2)12-11/h10-11H,3-9H2,1-2H3. The van der Waals surface area contributed by atoms with E-state index in [1.165, 1.54) is 44.9 Å². The summed E-state index contributed by atoms with van der Waals surface area (Å²) in [7, 11) is 0. The molecular weight excluding hydrogens is 148 g/mol. The molecule has 0 aromatic carbocycles. The van der Waals surface area contributed by atoms with Gasteiger partial charge in [0, 0.05) is 0 Å². The van der Waals surface area contributed by atoms with Crippen LogP contribution in [0.1, 0.15) is 58.8 Å². The van der Waals surface area contributed by atoms with Gasteiger partial charge in [0.15, 0.2) is 0 Å². The summed E-state index contributed by atoms with van der Waals surface area (Å²) in [6.07, 6.45) is 10.9. The molecular formula is C11H22O. The highest BCUT2D eigenvalue weighted by Crippen LogP contribution is 2.26. The SMILES string of the molecule is CCCCCCCCC1OC1C. The van der Waals surface area contributed by atoms with Gasteiger partial charge in [-0.15, -0.1) is 0 Å². The van der Waals surface area contributed by atoms with Gasteiger partial charge in [0.05, 0.1) is 12.2 Å². The van der Waals surface area contributed by atoms with Gasteiger partial charge in [-0.3, -0.25) is 0 Å². The Hall–Kier alpha value is -0.0400. The van der Waals surface area contributed by atoms with Gasteiger partial charge >= 0.3 is 0 Å². The van der Waals surface area contributed by atoms with Crippen molar-refractivity contribution in [3.63, 3.8) is 0 Å². The Labute approximate surface area is 76.5 Å². The van der Waals surface area contributed by atoms with Gasteiger partial charge < -0.3 is 4.74 Å². The van der Waals surface area contributed by atoms with E-state index in [0.717, 1.165) is 0 Å². The molecule has 1 fully saturated rings. The molecule has 2 unspecified atom stereocenters. The summed E-state index contributed by atoms with van der Waals surface area (Å²) in [5, 5.41) is 0. The van der Waals surface area contributed by atoms with Crippen molar-refractivity contribution in [2.45, 2.75) is 71.0 Å². The summed E-state index contributed by atoms with van der Waals surface area (Å²) in [4.78, 5) is 0. The van der Waals surface area contributed by atoms with E-state index < -0.39 is 0 Å². The molecule has 1 aliphatic heterocycles. The van der Waals surface area contributed by atoms with Crippen LogP contribution in [0, 0.1) is 0 Å². The van der Waals surface area contributed by atoms with Crippen LogP contribution in [0.25, 0.3) is 0 Å². The first-order chi connectivity index (χ1) is 5.84. The lowest BCUT2D eigenvalue weighted by atomic mass is 10.1. The fourth-order valence-electron chi connectivity index (χ4n) is 1.66. The number of epoxide rings is 1. The van der Waals surface area contributed by atoms with Crippen molar-refractivity contribution in [1.29, 1.82) is 0 Å². The summed E-state index contributed by atoms with van der Waals surface area (Å²) in [6.45, 7) is 4.43. The topological polar surface area (TPSA) is 12.5 Å². The minimum Gasteiger partial charge on any atom is -0.370 e. The highest BCUT2D eigenvalue weighted by Gasteiger charge is 2.32. The molecule has 1 rings (SSSR count). The third-order valence-electron chi connectivity index (χ3n) is 2.68. The van der Waals surface area contributed by atoms with Crippen LogP contribution in [0.3, 0.4) is 0 Å². The summed E-state index contributed by atoms with van der Waals surface area (Å²) in [6, 6.07) is 0.